The Morgan fingerprint density at radius 3 is 2.55 bits per heavy atom. The quantitative estimate of drug-likeness (QED) is 0.868. The van der Waals surface area contributed by atoms with E-state index in [1.807, 2.05) is 24.7 Å². The summed E-state index contributed by atoms with van der Waals surface area (Å²) in [6, 6.07) is 4.35. The van der Waals surface area contributed by atoms with Crippen molar-refractivity contribution in [2.75, 3.05) is 31.1 Å². The predicted molar refractivity (Wildman–Crippen MR) is 89.3 cm³/mol. The first kappa shape index (κ1) is 15.3. The summed E-state index contributed by atoms with van der Waals surface area (Å²) < 4.78 is 2.24. The Hall–Kier alpha value is -1.59. The first-order chi connectivity index (χ1) is 10.6. The number of anilines is 1. The highest BCUT2D eigenvalue weighted by molar-refractivity contribution is 6.30. The minimum atomic E-state index is 0.456. The molecule has 0 bridgehead atoms. The fourth-order valence-electron chi connectivity index (χ4n) is 2.84. The summed E-state index contributed by atoms with van der Waals surface area (Å²) >= 11 is 5.90. The van der Waals surface area contributed by atoms with E-state index in [1.165, 1.54) is 5.69 Å². The number of nitrogens with zero attached hydrogens (tertiary/aromatic N) is 5. The van der Waals surface area contributed by atoms with Gasteiger partial charge in [0.2, 0.25) is 0 Å². The molecule has 1 aliphatic rings. The lowest BCUT2D eigenvalue weighted by atomic mass is 10.2. The van der Waals surface area contributed by atoms with Crippen LogP contribution in [0.5, 0.6) is 0 Å². The molecule has 0 N–H and O–H groups in total. The van der Waals surface area contributed by atoms with Crippen LogP contribution in [0.1, 0.15) is 25.6 Å². The van der Waals surface area contributed by atoms with Gasteiger partial charge in [-0.25, -0.2) is 9.97 Å². The predicted octanol–water partition coefficient (Wildman–Crippen LogP) is 2.83. The molecule has 1 saturated heterocycles. The summed E-state index contributed by atoms with van der Waals surface area (Å²) in [7, 11) is 0. The molecule has 1 aliphatic heterocycles. The second-order valence-corrected chi connectivity index (χ2v) is 6.42. The van der Waals surface area contributed by atoms with Crippen molar-refractivity contribution in [2.45, 2.75) is 26.4 Å². The maximum atomic E-state index is 5.90. The van der Waals surface area contributed by atoms with E-state index in [-0.39, 0.29) is 0 Å². The standard InChI is InChI=1S/C16H22ClN5/c1-13(2)22-12-18-10-15(22)11-20-5-7-21(8-6-20)16-4-3-14(17)9-19-16/h3-4,9-10,12-13H,5-8,11H2,1-2H3. The van der Waals surface area contributed by atoms with E-state index in [1.54, 1.807) is 6.20 Å². The number of pyridine rings is 1. The van der Waals surface area contributed by atoms with Gasteiger partial charge in [0.15, 0.2) is 0 Å². The first-order valence-electron chi connectivity index (χ1n) is 7.73. The van der Waals surface area contributed by atoms with E-state index in [0.717, 1.165) is 38.5 Å². The Kier molecular flexibility index (Phi) is 4.64. The van der Waals surface area contributed by atoms with Crippen LogP contribution >= 0.6 is 11.6 Å². The Bertz CT molecular complexity index is 599. The van der Waals surface area contributed by atoms with Gasteiger partial charge >= 0.3 is 0 Å². The minimum absolute atomic E-state index is 0.456. The average Bonchev–Trinajstić information content (AvgIpc) is 2.97. The number of hydrogen-bond acceptors (Lipinski definition) is 4. The van der Waals surface area contributed by atoms with Gasteiger partial charge < -0.3 is 9.47 Å². The van der Waals surface area contributed by atoms with E-state index in [0.29, 0.717) is 11.1 Å². The second kappa shape index (κ2) is 6.67. The van der Waals surface area contributed by atoms with E-state index < -0.39 is 0 Å². The van der Waals surface area contributed by atoms with Crippen LogP contribution in [-0.4, -0.2) is 45.6 Å². The molecule has 0 radical (unpaired) electrons. The summed E-state index contributed by atoms with van der Waals surface area (Å²) in [4.78, 5) is 13.5. The van der Waals surface area contributed by atoms with Crippen molar-refractivity contribution in [3.63, 3.8) is 0 Å². The van der Waals surface area contributed by atoms with Gasteiger partial charge in [-0.3, -0.25) is 4.90 Å². The van der Waals surface area contributed by atoms with Crippen LogP contribution in [0, 0.1) is 0 Å². The molecule has 22 heavy (non-hydrogen) atoms. The summed E-state index contributed by atoms with van der Waals surface area (Å²) in [6.45, 7) is 9.39. The van der Waals surface area contributed by atoms with Crippen LogP contribution in [0.2, 0.25) is 5.02 Å². The lowest BCUT2D eigenvalue weighted by molar-refractivity contribution is 0.242. The van der Waals surface area contributed by atoms with Crippen LogP contribution in [0.15, 0.2) is 30.9 Å². The van der Waals surface area contributed by atoms with Crippen LogP contribution in [0.4, 0.5) is 5.82 Å². The van der Waals surface area contributed by atoms with Crippen molar-refractivity contribution in [1.29, 1.82) is 0 Å². The molecule has 5 nitrogen and oxygen atoms in total. The lowest BCUT2D eigenvalue weighted by Gasteiger charge is -2.35. The number of rotatable bonds is 4. The molecule has 0 saturated carbocycles. The normalized spacial score (nSPS) is 16.5. The molecule has 0 aliphatic carbocycles. The number of halogens is 1. The van der Waals surface area contributed by atoms with Gasteiger partial charge in [-0.1, -0.05) is 11.6 Å². The monoisotopic (exact) mass is 319 g/mol. The number of aromatic nitrogens is 3. The van der Waals surface area contributed by atoms with Crippen LogP contribution in [0.3, 0.4) is 0 Å². The molecule has 2 aromatic rings. The number of hydrogen-bond donors (Lipinski definition) is 0. The Labute approximate surface area is 136 Å². The van der Waals surface area contributed by atoms with Crippen LogP contribution in [-0.2, 0) is 6.54 Å². The molecule has 2 aromatic heterocycles. The molecule has 3 rings (SSSR count). The van der Waals surface area contributed by atoms with Gasteiger partial charge in [-0.05, 0) is 26.0 Å². The fraction of sp³-hybridized carbons (Fsp3) is 0.500. The van der Waals surface area contributed by atoms with Gasteiger partial charge in [0.05, 0.1) is 17.0 Å². The van der Waals surface area contributed by atoms with Gasteiger partial charge in [-0.15, -0.1) is 0 Å². The molecule has 3 heterocycles. The number of piperazine rings is 1. The van der Waals surface area contributed by atoms with Crippen LogP contribution in [0.25, 0.3) is 0 Å². The van der Waals surface area contributed by atoms with Gasteiger partial charge in [0.1, 0.15) is 5.82 Å². The van der Waals surface area contributed by atoms with Crippen molar-refractivity contribution in [2.24, 2.45) is 0 Å². The molecule has 1 fully saturated rings. The zero-order valence-corrected chi connectivity index (χ0v) is 13.9. The minimum Gasteiger partial charge on any atom is -0.354 e. The van der Waals surface area contributed by atoms with E-state index in [2.05, 4.69) is 38.2 Å². The molecular weight excluding hydrogens is 298 g/mol. The highest BCUT2D eigenvalue weighted by atomic mass is 35.5. The second-order valence-electron chi connectivity index (χ2n) is 5.98. The molecule has 0 amide bonds. The van der Waals surface area contributed by atoms with E-state index >= 15 is 0 Å². The zero-order chi connectivity index (χ0) is 15.5. The average molecular weight is 320 g/mol. The molecule has 0 aromatic carbocycles. The number of imidazole rings is 1. The molecule has 6 heteroatoms. The Morgan fingerprint density at radius 2 is 1.91 bits per heavy atom. The topological polar surface area (TPSA) is 37.2 Å². The van der Waals surface area contributed by atoms with Crippen molar-refractivity contribution >= 4 is 17.4 Å². The van der Waals surface area contributed by atoms with Gasteiger partial charge in [0, 0.05) is 51.2 Å². The lowest BCUT2D eigenvalue weighted by Crippen LogP contribution is -2.46. The SMILES string of the molecule is CC(C)n1cncc1CN1CCN(c2ccc(Cl)cn2)CC1. The van der Waals surface area contributed by atoms with Gasteiger partial charge in [-0.2, -0.15) is 0 Å². The summed E-state index contributed by atoms with van der Waals surface area (Å²) in [5, 5.41) is 0.685. The van der Waals surface area contributed by atoms with Crippen molar-refractivity contribution in [1.82, 2.24) is 19.4 Å². The fourth-order valence-corrected chi connectivity index (χ4v) is 2.95. The maximum absolute atomic E-state index is 5.90. The third kappa shape index (κ3) is 3.42. The van der Waals surface area contributed by atoms with E-state index in [9.17, 15) is 0 Å². The highest BCUT2D eigenvalue weighted by Crippen LogP contribution is 2.18. The molecular formula is C16H22ClN5. The first-order valence-corrected chi connectivity index (χ1v) is 8.11. The molecule has 0 spiro atoms. The van der Waals surface area contributed by atoms with Crippen molar-refractivity contribution in [3.8, 4) is 0 Å². The third-order valence-electron chi connectivity index (χ3n) is 4.10. The van der Waals surface area contributed by atoms with E-state index in [4.69, 9.17) is 11.6 Å². The summed E-state index contributed by atoms with van der Waals surface area (Å²) in [6.07, 6.45) is 5.62. The summed E-state index contributed by atoms with van der Waals surface area (Å²) in [5.74, 6) is 1.01. The third-order valence-corrected chi connectivity index (χ3v) is 4.32. The Balaban J connectivity index is 1.57. The van der Waals surface area contributed by atoms with Gasteiger partial charge in [0.25, 0.3) is 0 Å². The van der Waals surface area contributed by atoms with Crippen molar-refractivity contribution < 1.29 is 0 Å². The summed E-state index contributed by atoms with van der Waals surface area (Å²) in [5.41, 5.74) is 1.29. The Morgan fingerprint density at radius 1 is 1.14 bits per heavy atom. The largest absolute Gasteiger partial charge is 0.354 e. The zero-order valence-electron chi connectivity index (χ0n) is 13.1. The molecule has 118 valence electrons. The van der Waals surface area contributed by atoms with Crippen molar-refractivity contribution in [3.05, 3.63) is 41.6 Å². The maximum Gasteiger partial charge on any atom is 0.128 e. The smallest absolute Gasteiger partial charge is 0.128 e. The molecule has 0 atom stereocenters. The highest BCUT2D eigenvalue weighted by Gasteiger charge is 2.19. The van der Waals surface area contributed by atoms with Crippen LogP contribution < -0.4 is 4.90 Å². The molecule has 0 unspecified atom stereocenters.